The summed E-state index contributed by atoms with van der Waals surface area (Å²) in [5.41, 5.74) is 3.72. The maximum Gasteiger partial charge on any atom is 0.281 e. The van der Waals surface area contributed by atoms with Gasteiger partial charge in [0.25, 0.3) is 5.56 Å². The van der Waals surface area contributed by atoms with Crippen molar-refractivity contribution in [3.05, 3.63) is 70.9 Å². The van der Waals surface area contributed by atoms with Crippen LogP contribution in [-0.2, 0) is 7.05 Å². The summed E-state index contributed by atoms with van der Waals surface area (Å²) in [5, 5.41) is 19.6. The SMILES string of the molecule is Cc1ccc(-c2c(=O)n(-c3ccc4nn(C)cc4c3)nc3ccc(O)nc23)cn1. The second kappa shape index (κ2) is 6.23. The van der Waals surface area contributed by atoms with E-state index in [0.29, 0.717) is 27.8 Å². The number of benzene rings is 1. The van der Waals surface area contributed by atoms with Crippen molar-refractivity contribution in [1.82, 2.24) is 29.5 Å². The van der Waals surface area contributed by atoms with Crippen molar-refractivity contribution in [1.29, 1.82) is 0 Å². The highest BCUT2D eigenvalue weighted by Crippen LogP contribution is 2.25. The predicted octanol–water partition coefficient (Wildman–Crippen LogP) is 2.74. The molecule has 1 aromatic carbocycles. The van der Waals surface area contributed by atoms with Crippen molar-refractivity contribution < 1.29 is 5.11 Å². The Hall–Kier alpha value is -4.07. The van der Waals surface area contributed by atoms with Crippen molar-refractivity contribution >= 4 is 21.9 Å². The van der Waals surface area contributed by atoms with Crippen LogP contribution in [0.2, 0.25) is 0 Å². The van der Waals surface area contributed by atoms with Gasteiger partial charge in [0, 0.05) is 42.2 Å². The van der Waals surface area contributed by atoms with Crippen molar-refractivity contribution in [3.63, 3.8) is 0 Å². The zero-order valence-corrected chi connectivity index (χ0v) is 15.7. The van der Waals surface area contributed by atoms with E-state index < -0.39 is 0 Å². The van der Waals surface area contributed by atoms with Crippen molar-refractivity contribution in [2.24, 2.45) is 7.05 Å². The van der Waals surface area contributed by atoms with E-state index in [9.17, 15) is 9.90 Å². The van der Waals surface area contributed by atoms with Gasteiger partial charge in [-0.15, -0.1) is 0 Å². The fourth-order valence-corrected chi connectivity index (χ4v) is 3.39. The molecule has 0 atom stereocenters. The smallest absolute Gasteiger partial charge is 0.281 e. The molecular formula is C21H16N6O2. The Bertz CT molecular complexity index is 1450. The lowest BCUT2D eigenvalue weighted by atomic mass is 10.1. The van der Waals surface area contributed by atoms with E-state index in [2.05, 4.69) is 20.2 Å². The van der Waals surface area contributed by atoms with Crippen molar-refractivity contribution in [3.8, 4) is 22.7 Å². The fraction of sp³-hybridized carbons (Fsp3) is 0.0952. The quantitative estimate of drug-likeness (QED) is 0.502. The second-order valence-electron chi connectivity index (χ2n) is 6.86. The number of nitrogens with zero attached hydrogens (tertiary/aromatic N) is 6. The molecule has 8 heteroatoms. The van der Waals surface area contributed by atoms with Gasteiger partial charge in [-0.05, 0) is 37.3 Å². The highest BCUT2D eigenvalue weighted by molar-refractivity contribution is 5.91. The van der Waals surface area contributed by atoms with E-state index in [1.165, 1.54) is 10.7 Å². The van der Waals surface area contributed by atoms with E-state index in [0.717, 1.165) is 16.6 Å². The van der Waals surface area contributed by atoms with Crippen LogP contribution in [0, 0.1) is 6.92 Å². The molecule has 0 unspecified atom stereocenters. The maximum absolute atomic E-state index is 13.5. The van der Waals surface area contributed by atoms with Crippen LogP contribution in [0.25, 0.3) is 38.8 Å². The number of hydrogen-bond acceptors (Lipinski definition) is 6. The molecule has 4 aromatic heterocycles. The molecule has 1 N–H and O–H groups in total. The Balaban J connectivity index is 1.84. The van der Waals surface area contributed by atoms with E-state index in [1.54, 1.807) is 23.0 Å². The van der Waals surface area contributed by atoms with E-state index in [-0.39, 0.29) is 11.4 Å². The van der Waals surface area contributed by atoms with Crippen LogP contribution in [0.1, 0.15) is 5.69 Å². The lowest BCUT2D eigenvalue weighted by Crippen LogP contribution is -2.23. The molecule has 0 spiro atoms. The molecule has 0 aliphatic rings. The number of aryl methyl sites for hydroxylation is 2. The van der Waals surface area contributed by atoms with Gasteiger partial charge in [-0.25, -0.2) is 4.98 Å². The highest BCUT2D eigenvalue weighted by Gasteiger charge is 2.17. The molecule has 0 radical (unpaired) electrons. The third kappa shape index (κ3) is 2.82. The Kier molecular flexibility index (Phi) is 3.67. The Morgan fingerprint density at radius 3 is 2.62 bits per heavy atom. The first-order valence-electron chi connectivity index (χ1n) is 8.99. The van der Waals surface area contributed by atoms with E-state index in [1.807, 2.05) is 44.4 Å². The molecule has 4 heterocycles. The van der Waals surface area contributed by atoms with Crippen molar-refractivity contribution in [2.75, 3.05) is 0 Å². The topological polar surface area (TPSA) is 98.7 Å². The minimum absolute atomic E-state index is 0.172. The summed E-state index contributed by atoms with van der Waals surface area (Å²) >= 11 is 0. The highest BCUT2D eigenvalue weighted by atomic mass is 16.3. The standard InChI is InChI=1S/C21H16N6O2/c1-12-3-4-13(10-22-12)19-20-17(7-8-18(28)23-20)25-27(21(19)29)15-5-6-16-14(9-15)11-26(2)24-16/h3-11H,1-2H3,(H,23,28). The Morgan fingerprint density at radius 2 is 1.83 bits per heavy atom. The molecule has 0 aliphatic carbocycles. The number of hydrogen-bond donors (Lipinski definition) is 1. The van der Waals surface area contributed by atoms with E-state index >= 15 is 0 Å². The van der Waals surface area contributed by atoms with Crippen LogP contribution in [0.4, 0.5) is 0 Å². The molecule has 0 saturated heterocycles. The zero-order valence-electron chi connectivity index (χ0n) is 15.7. The third-order valence-electron chi connectivity index (χ3n) is 4.76. The largest absolute Gasteiger partial charge is 0.493 e. The molecule has 5 aromatic rings. The van der Waals surface area contributed by atoms with Gasteiger partial charge in [-0.3, -0.25) is 14.5 Å². The summed E-state index contributed by atoms with van der Waals surface area (Å²) in [6.45, 7) is 1.87. The molecular weight excluding hydrogens is 368 g/mol. The molecule has 8 nitrogen and oxygen atoms in total. The van der Waals surface area contributed by atoms with Crippen LogP contribution in [-0.4, -0.2) is 34.6 Å². The second-order valence-corrected chi connectivity index (χ2v) is 6.86. The number of fused-ring (bicyclic) bond motifs is 2. The number of rotatable bonds is 2. The minimum Gasteiger partial charge on any atom is -0.493 e. The first kappa shape index (κ1) is 17.1. The van der Waals surface area contributed by atoms with Crippen LogP contribution >= 0.6 is 0 Å². The fourth-order valence-electron chi connectivity index (χ4n) is 3.39. The summed E-state index contributed by atoms with van der Waals surface area (Å²) < 4.78 is 3.07. The molecule has 5 rings (SSSR count). The van der Waals surface area contributed by atoms with Gasteiger partial charge in [-0.1, -0.05) is 6.07 Å². The summed E-state index contributed by atoms with van der Waals surface area (Å²) in [4.78, 5) is 21.9. The Labute approximate surface area is 164 Å². The average molecular weight is 384 g/mol. The molecule has 29 heavy (non-hydrogen) atoms. The zero-order chi connectivity index (χ0) is 20.1. The number of pyridine rings is 2. The molecule has 0 amide bonds. The maximum atomic E-state index is 13.5. The third-order valence-corrected chi connectivity index (χ3v) is 4.76. The number of aromatic nitrogens is 6. The predicted molar refractivity (Wildman–Crippen MR) is 109 cm³/mol. The normalized spacial score (nSPS) is 11.4. The van der Waals surface area contributed by atoms with Crippen LogP contribution in [0.15, 0.2) is 59.7 Å². The first-order valence-corrected chi connectivity index (χ1v) is 8.99. The number of aromatic hydroxyl groups is 1. The average Bonchev–Trinajstić information content (AvgIpc) is 3.08. The molecule has 0 fully saturated rings. The monoisotopic (exact) mass is 384 g/mol. The summed E-state index contributed by atoms with van der Waals surface area (Å²) in [7, 11) is 1.85. The summed E-state index contributed by atoms with van der Waals surface area (Å²) in [6, 6.07) is 12.3. The van der Waals surface area contributed by atoms with Crippen LogP contribution < -0.4 is 5.56 Å². The summed E-state index contributed by atoms with van der Waals surface area (Å²) in [5.74, 6) is -0.172. The van der Waals surface area contributed by atoms with E-state index in [4.69, 9.17) is 0 Å². The lowest BCUT2D eigenvalue weighted by Gasteiger charge is -2.11. The molecule has 142 valence electrons. The molecule has 0 bridgehead atoms. The van der Waals surface area contributed by atoms with Gasteiger partial charge in [0.05, 0.1) is 16.8 Å². The van der Waals surface area contributed by atoms with Gasteiger partial charge in [0.2, 0.25) is 5.88 Å². The van der Waals surface area contributed by atoms with Gasteiger partial charge < -0.3 is 5.11 Å². The van der Waals surface area contributed by atoms with Crippen molar-refractivity contribution in [2.45, 2.75) is 6.92 Å². The Morgan fingerprint density at radius 1 is 1.00 bits per heavy atom. The summed E-state index contributed by atoms with van der Waals surface area (Å²) in [6.07, 6.45) is 3.52. The van der Waals surface area contributed by atoms with Gasteiger partial charge in [0.1, 0.15) is 11.0 Å². The molecule has 0 saturated carbocycles. The lowest BCUT2D eigenvalue weighted by molar-refractivity contribution is 0.455. The van der Waals surface area contributed by atoms with Crippen LogP contribution in [0.5, 0.6) is 5.88 Å². The van der Waals surface area contributed by atoms with Gasteiger partial charge in [0.15, 0.2) is 0 Å². The van der Waals surface area contributed by atoms with Crippen LogP contribution in [0.3, 0.4) is 0 Å². The molecule has 0 aliphatic heterocycles. The minimum atomic E-state index is -0.343. The van der Waals surface area contributed by atoms with Gasteiger partial charge in [-0.2, -0.15) is 14.9 Å². The van der Waals surface area contributed by atoms with Gasteiger partial charge >= 0.3 is 0 Å². The first-order chi connectivity index (χ1) is 14.0.